The Bertz CT molecular complexity index is 260. The Kier molecular flexibility index (Phi) is 4.71. The average molecular weight is 194 g/mol. The quantitative estimate of drug-likeness (QED) is 0.651. The molecule has 0 aliphatic rings. The molecule has 14 heavy (non-hydrogen) atoms. The predicted molar refractivity (Wildman–Crippen MR) is 57.4 cm³/mol. The highest BCUT2D eigenvalue weighted by molar-refractivity contribution is 5.31. The molecule has 0 bridgehead atoms. The summed E-state index contributed by atoms with van der Waals surface area (Å²) in [6.45, 7) is 6.98. The second-order valence-corrected chi connectivity index (χ2v) is 3.75. The zero-order chi connectivity index (χ0) is 11.2. The van der Waals surface area contributed by atoms with Crippen LogP contribution in [0.3, 0.4) is 0 Å². The lowest BCUT2D eigenvalue weighted by molar-refractivity contribution is 0.117. The monoisotopic (exact) mass is 194 g/mol. The molecule has 0 aromatic carbocycles. The molecule has 0 aliphatic carbocycles. The first-order valence-corrected chi connectivity index (χ1v) is 4.82. The van der Waals surface area contributed by atoms with Crippen LogP contribution in [0.25, 0.3) is 0 Å². The number of hydrogen-bond acceptors (Lipinski definition) is 2. The van der Waals surface area contributed by atoms with E-state index in [1.54, 1.807) is 13.8 Å². The van der Waals surface area contributed by atoms with Crippen molar-refractivity contribution in [3.8, 4) is 23.7 Å². The number of aliphatic hydroxyl groups is 2. The molecule has 0 rings (SSSR count). The van der Waals surface area contributed by atoms with E-state index in [4.69, 9.17) is 0 Å². The Balaban J connectivity index is 4.43. The Morgan fingerprint density at radius 3 is 1.36 bits per heavy atom. The molecular formula is C12H18O2. The summed E-state index contributed by atoms with van der Waals surface area (Å²) < 4.78 is 0. The molecule has 0 heterocycles. The van der Waals surface area contributed by atoms with Gasteiger partial charge < -0.3 is 10.2 Å². The van der Waals surface area contributed by atoms with Gasteiger partial charge in [0, 0.05) is 0 Å². The molecule has 2 nitrogen and oxygen atoms in total. The van der Waals surface area contributed by atoms with Crippen LogP contribution in [0, 0.1) is 23.7 Å². The summed E-state index contributed by atoms with van der Waals surface area (Å²) in [4.78, 5) is 0. The lowest BCUT2D eigenvalue weighted by atomic mass is 10.0. The summed E-state index contributed by atoms with van der Waals surface area (Å²) in [6, 6.07) is 0. The third kappa shape index (κ3) is 5.65. The van der Waals surface area contributed by atoms with E-state index < -0.39 is 11.2 Å². The smallest absolute Gasteiger partial charge is 0.123 e. The van der Waals surface area contributed by atoms with Crippen molar-refractivity contribution in [2.45, 2.75) is 51.7 Å². The first-order chi connectivity index (χ1) is 6.33. The van der Waals surface area contributed by atoms with Gasteiger partial charge in [0.05, 0.1) is 0 Å². The van der Waals surface area contributed by atoms with Gasteiger partial charge in [-0.1, -0.05) is 25.7 Å². The maximum absolute atomic E-state index is 9.51. The maximum Gasteiger partial charge on any atom is 0.123 e. The number of rotatable bonds is 2. The van der Waals surface area contributed by atoms with Crippen molar-refractivity contribution in [1.29, 1.82) is 0 Å². The van der Waals surface area contributed by atoms with E-state index in [9.17, 15) is 10.2 Å². The van der Waals surface area contributed by atoms with Crippen LogP contribution >= 0.6 is 0 Å². The zero-order valence-corrected chi connectivity index (χ0v) is 9.31. The summed E-state index contributed by atoms with van der Waals surface area (Å²) in [5.74, 6) is 10.3. The summed E-state index contributed by atoms with van der Waals surface area (Å²) in [5.41, 5.74) is -1.96. The van der Waals surface area contributed by atoms with Gasteiger partial charge in [0.2, 0.25) is 0 Å². The zero-order valence-electron chi connectivity index (χ0n) is 9.31. The van der Waals surface area contributed by atoms with Crippen molar-refractivity contribution in [1.82, 2.24) is 0 Å². The first-order valence-electron chi connectivity index (χ1n) is 4.82. The fraction of sp³-hybridized carbons (Fsp3) is 0.667. The SMILES string of the molecule is CCC(C)(O)C#CC#CC(C)(O)CC. The maximum atomic E-state index is 9.51. The van der Waals surface area contributed by atoms with Crippen LogP contribution in [-0.4, -0.2) is 21.4 Å². The lowest BCUT2D eigenvalue weighted by Crippen LogP contribution is -2.20. The highest BCUT2D eigenvalue weighted by Crippen LogP contribution is 2.06. The van der Waals surface area contributed by atoms with E-state index in [-0.39, 0.29) is 0 Å². The van der Waals surface area contributed by atoms with E-state index in [1.807, 2.05) is 13.8 Å². The molecule has 0 fully saturated rings. The Hall–Kier alpha value is -0.960. The summed E-state index contributed by atoms with van der Waals surface area (Å²) >= 11 is 0. The minimum absolute atomic E-state index is 0.561. The van der Waals surface area contributed by atoms with Gasteiger partial charge in [-0.25, -0.2) is 0 Å². The second-order valence-electron chi connectivity index (χ2n) is 3.75. The first kappa shape index (κ1) is 13.0. The fourth-order valence-electron chi connectivity index (χ4n) is 0.509. The molecule has 2 N–H and O–H groups in total. The molecule has 0 spiro atoms. The Morgan fingerprint density at radius 2 is 1.14 bits per heavy atom. The van der Waals surface area contributed by atoms with Crippen molar-refractivity contribution in [2.75, 3.05) is 0 Å². The molecule has 0 aromatic heterocycles. The van der Waals surface area contributed by atoms with Gasteiger partial charge in [0.1, 0.15) is 11.2 Å². The fourth-order valence-corrected chi connectivity index (χ4v) is 0.509. The molecule has 78 valence electrons. The third-order valence-electron chi connectivity index (χ3n) is 2.10. The van der Waals surface area contributed by atoms with Gasteiger partial charge in [0.15, 0.2) is 0 Å². The van der Waals surface area contributed by atoms with Crippen LogP contribution in [-0.2, 0) is 0 Å². The summed E-state index contributed by atoms with van der Waals surface area (Å²) in [5, 5.41) is 19.0. The molecule has 2 unspecified atom stereocenters. The van der Waals surface area contributed by atoms with Crippen molar-refractivity contribution in [3.63, 3.8) is 0 Å². The molecule has 0 aromatic rings. The summed E-state index contributed by atoms with van der Waals surface area (Å²) in [7, 11) is 0. The van der Waals surface area contributed by atoms with Crippen molar-refractivity contribution in [3.05, 3.63) is 0 Å². The van der Waals surface area contributed by atoms with Crippen LogP contribution in [0.4, 0.5) is 0 Å². The van der Waals surface area contributed by atoms with Crippen LogP contribution < -0.4 is 0 Å². The van der Waals surface area contributed by atoms with Crippen molar-refractivity contribution < 1.29 is 10.2 Å². The molecule has 0 saturated carbocycles. The normalized spacial score (nSPS) is 17.9. The highest BCUT2D eigenvalue weighted by Gasteiger charge is 2.13. The standard InChI is InChI=1S/C12H18O2/c1-5-11(3,13)9-7-8-10-12(4,14)6-2/h13-14H,5-6H2,1-4H3. The van der Waals surface area contributed by atoms with Gasteiger partial charge in [-0.3, -0.25) is 0 Å². The van der Waals surface area contributed by atoms with E-state index >= 15 is 0 Å². The third-order valence-corrected chi connectivity index (χ3v) is 2.10. The van der Waals surface area contributed by atoms with E-state index in [0.717, 1.165) is 0 Å². The van der Waals surface area contributed by atoms with Gasteiger partial charge in [-0.15, -0.1) is 0 Å². The van der Waals surface area contributed by atoms with E-state index in [0.29, 0.717) is 12.8 Å². The average Bonchev–Trinajstić information content (AvgIpc) is 2.13. The van der Waals surface area contributed by atoms with Crippen LogP contribution in [0.1, 0.15) is 40.5 Å². The second kappa shape index (κ2) is 5.05. The van der Waals surface area contributed by atoms with Gasteiger partial charge in [0.25, 0.3) is 0 Å². The molecule has 2 heteroatoms. The van der Waals surface area contributed by atoms with Gasteiger partial charge in [-0.2, -0.15) is 0 Å². The van der Waals surface area contributed by atoms with Crippen LogP contribution in [0.15, 0.2) is 0 Å². The van der Waals surface area contributed by atoms with Crippen molar-refractivity contribution >= 4 is 0 Å². The van der Waals surface area contributed by atoms with Crippen LogP contribution in [0.2, 0.25) is 0 Å². The molecule has 0 radical (unpaired) electrons. The number of hydrogen-bond donors (Lipinski definition) is 2. The van der Waals surface area contributed by atoms with Gasteiger partial charge in [-0.05, 0) is 38.5 Å². The lowest BCUT2D eigenvalue weighted by Gasteiger charge is -2.12. The molecular weight excluding hydrogens is 176 g/mol. The highest BCUT2D eigenvalue weighted by atomic mass is 16.3. The van der Waals surface area contributed by atoms with Crippen molar-refractivity contribution in [2.24, 2.45) is 0 Å². The van der Waals surface area contributed by atoms with E-state index in [2.05, 4.69) is 23.7 Å². The Labute approximate surface area is 86.3 Å². The Morgan fingerprint density at radius 1 is 0.857 bits per heavy atom. The molecule has 0 aliphatic heterocycles. The topological polar surface area (TPSA) is 40.5 Å². The largest absolute Gasteiger partial charge is 0.378 e. The predicted octanol–water partition coefficient (Wildman–Crippen LogP) is 1.32. The summed E-state index contributed by atoms with van der Waals surface area (Å²) in [6.07, 6.45) is 1.12. The van der Waals surface area contributed by atoms with E-state index in [1.165, 1.54) is 0 Å². The minimum atomic E-state index is -0.979. The molecule has 0 saturated heterocycles. The van der Waals surface area contributed by atoms with Crippen LogP contribution in [0.5, 0.6) is 0 Å². The molecule has 0 amide bonds. The van der Waals surface area contributed by atoms with Gasteiger partial charge >= 0.3 is 0 Å². The molecule has 2 atom stereocenters. The minimum Gasteiger partial charge on any atom is -0.378 e.